The van der Waals surface area contributed by atoms with Crippen LogP contribution in [0.1, 0.15) is 32.1 Å². The molecule has 0 saturated heterocycles. The van der Waals surface area contributed by atoms with E-state index >= 15 is 0 Å². The van der Waals surface area contributed by atoms with Crippen LogP contribution >= 0.6 is 0 Å². The summed E-state index contributed by atoms with van der Waals surface area (Å²) in [4.78, 5) is 8.03. The summed E-state index contributed by atoms with van der Waals surface area (Å²) in [5, 5.41) is 0. The average Bonchev–Trinajstić information content (AvgIpc) is 2.31. The van der Waals surface area contributed by atoms with Crippen molar-refractivity contribution in [3.63, 3.8) is 0 Å². The molecule has 4 bridgehead atoms. The Labute approximate surface area is 112 Å². The average molecular weight is 260 g/mol. The molecule has 0 aromatic carbocycles. The zero-order chi connectivity index (χ0) is 13.0. The summed E-state index contributed by atoms with van der Waals surface area (Å²) in [6, 6.07) is 1.68. The molecule has 0 radical (unpaired) electrons. The van der Waals surface area contributed by atoms with Crippen molar-refractivity contribution in [2.45, 2.75) is 38.2 Å². The number of aromatic nitrogens is 2. The van der Waals surface area contributed by atoms with Crippen molar-refractivity contribution in [3.8, 4) is 5.88 Å². The van der Waals surface area contributed by atoms with Crippen molar-refractivity contribution in [3.05, 3.63) is 6.07 Å². The zero-order valence-corrected chi connectivity index (χ0v) is 11.0. The van der Waals surface area contributed by atoms with Crippen LogP contribution in [0.3, 0.4) is 0 Å². The largest absolute Gasteiger partial charge is 0.474 e. The highest BCUT2D eigenvalue weighted by Crippen LogP contribution is 2.54. The Kier molecular flexibility index (Phi) is 2.37. The van der Waals surface area contributed by atoms with Gasteiger partial charge in [0.1, 0.15) is 11.9 Å². The van der Waals surface area contributed by atoms with Gasteiger partial charge in [0.2, 0.25) is 11.8 Å². The van der Waals surface area contributed by atoms with E-state index < -0.39 is 0 Å². The number of nitrogens with zero attached hydrogens (tertiary/aromatic N) is 2. The van der Waals surface area contributed by atoms with Crippen LogP contribution < -0.4 is 16.2 Å². The van der Waals surface area contributed by atoms with E-state index in [1.54, 1.807) is 6.07 Å². The SMILES string of the molecule is Nc1cc(OC2C3CC4CC(C3)CC2C4)nc(N)n1. The number of ether oxygens (including phenoxy) is 1. The van der Waals surface area contributed by atoms with Crippen LogP contribution in [0.5, 0.6) is 5.88 Å². The maximum atomic E-state index is 6.14. The van der Waals surface area contributed by atoms with Crippen molar-refractivity contribution in [2.24, 2.45) is 23.7 Å². The van der Waals surface area contributed by atoms with Crippen molar-refractivity contribution < 1.29 is 4.74 Å². The van der Waals surface area contributed by atoms with E-state index in [1.807, 2.05) is 0 Å². The summed E-state index contributed by atoms with van der Waals surface area (Å²) in [5.74, 6) is 4.42. The molecule has 4 aliphatic rings. The van der Waals surface area contributed by atoms with Crippen LogP contribution in [0.15, 0.2) is 6.07 Å². The minimum atomic E-state index is 0.193. The first-order chi connectivity index (χ1) is 9.17. The van der Waals surface area contributed by atoms with E-state index in [-0.39, 0.29) is 5.95 Å². The first-order valence-corrected chi connectivity index (χ1v) is 7.24. The topological polar surface area (TPSA) is 87.0 Å². The number of hydrogen-bond donors (Lipinski definition) is 2. The Balaban J connectivity index is 1.56. The second-order valence-electron chi connectivity index (χ2n) is 6.50. The highest BCUT2D eigenvalue weighted by molar-refractivity contribution is 5.38. The van der Waals surface area contributed by atoms with Crippen molar-refractivity contribution in [1.82, 2.24) is 9.97 Å². The predicted molar refractivity (Wildman–Crippen MR) is 72.3 cm³/mol. The predicted octanol–water partition coefficient (Wildman–Crippen LogP) is 1.84. The molecule has 0 spiro atoms. The molecule has 4 saturated carbocycles. The second kappa shape index (κ2) is 3.99. The van der Waals surface area contributed by atoms with E-state index in [0.717, 1.165) is 11.8 Å². The Morgan fingerprint density at radius 3 is 2.16 bits per heavy atom. The Bertz CT molecular complexity index is 456. The molecule has 4 fully saturated rings. The normalized spacial score (nSPS) is 39.5. The van der Waals surface area contributed by atoms with Gasteiger partial charge >= 0.3 is 0 Å². The molecule has 102 valence electrons. The maximum Gasteiger partial charge on any atom is 0.225 e. The van der Waals surface area contributed by atoms with Gasteiger partial charge in [-0.15, -0.1) is 0 Å². The minimum absolute atomic E-state index is 0.193. The first-order valence-electron chi connectivity index (χ1n) is 7.24. The highest BCUT2D eigenvalue weighted by atomic mass is 16.5. The fraction of sp³-hybridized carbons (Fsp3) is 0.714. The minimum Gasteiger partial charge on any atom is -0.474 e. The third-order valence-corrected chi connectivity index (χ3v) is 5.14. The molecule has 1 aromatic rings. The van der Waals surface area contributed by atoms with Gasteiger partial charge in [-0.25, -0.2) is 0 Å². The molecule has 4 N–H and O–H groups in total. The molecule has 0 aliphatic heterocycles. The van der Waals surface area contributed by atoms with Crippen molar-refractivity contribution in [2.75, 3.05) is 11.5 Å². The zero-order valence-electron chi connectivity index (χ0n) is 11.0. The lowest BCUT2D eigenvalue weighted by atomic mass is 9.55. The summed E-state index contributed by atoms with van der Waals surface area (Å²) in [5.41, 5.74) is 11.3. The Morgan fingerprint density at radius 1 is 0.947 bits per heavy atom. The summed E-state index contributed by atoms with van der Waals surface area (Å²) in [6.07, 6.45) is 7.07. The van der Waals surface area contributed by atoms with Crippen LogP contribution in [-0.2, 0) is 0 Å². The number of nitrogens with two attached hydrogens (primary N) is 2. The fourth-order valence-corrected chi connectivity index (χ4v) is 4.73. The molecule has 0 amide bonds. The van der Waals surface area contributed by atoms with Gasteiger partial charge in [0.05, 0.1) is 0 Å². The van der Waals surface area contributed by atoms with Gasteiger partial charge in [-0.1, -0.05) is 0 Å². The van der Waals surface area contributed by atoms with E-state index in [2.05, 4.69) is 9.97 Å². The molecule has 1 heterocycles. The van der Waals surface area contributed by atoms with Gasteiger partial charge in [0.25, 0.3) is 0 Å². The summed E-state index contributed by atoms with van der Waals surface area (Å²) in [7, 11) is 0. The molecular formula is C14H20N4O. The molecule has 0 unspecified atom stereocenters. The standard InChI is InChI=1S/C14H20N4O/c15-11-6-12(18-14(16)17-11)19-13-9-2-7-1-8(4-9)5-10(13)3-7/h6-10,13H,1-5H2,(H4,15,16,17,18). The van der Waals surface area contributed by atoms with Crippen LogP contribution in [0.25, 0.3) is 0 Å². The van der Waals surface area contributed by atoms with Gasteiger partial charge in [-0.2, -0.15) is 9.97 Å². The highest BCUT2D eigenvalue weighted by Gasteiger charge is 2.49. The fourth-order valence-electron chi connectivity index (χ4n) is 4.73. The van der Waals surface area contributed by atoms with Gasteiger partial charge in [-0.05, 0) is 55.8 Å². The third kappa shape index (κ3) is 1.91. The van der Waals surface area contributed by atoms with Crippen LogP contribution in [0.4, 0.5) is 11.8 Å². The molecule has 0 atom stereocenters. The van der Waals surface area contributed by atoms with Crippen LogP contribution in [0.2, 0.25) is 0 Å². The number of hydrogen-bond acceptors (Lipinski definition) is 5. The Morgan fingerprint density at radius 2 is 1.58 bits per heavy atom. The van der Waals surface area contributed by atoms with Crippen molar-refractivity contribution in [1.29, 1.82) is 0 Å². The van der Waals surface area contributed by atoms with Gasteiger partial charge in [0, 0.05) is 6.07 Å². The van der Waals surface area contributed by atoms with Gasteiger partial charge in [0.15, 0.2) is 0 Å². The van der Waals surface area contributed by atoms with E-state index in [4.69, 9.17) is 16.2 Å². The third-order valence-electron chi connectivity index (χ3n) is 5.14. The van der Waals surface area contributed by atoms with Crippen LogP contribution in [-0.4, -0.2) is 16.1 Å². The maximum absolute atomic E-state index is 6.14. The molecule has 5 rings (SSSR count). The van der Waals surface area contributed by atoms with Crippen LogP contribution in [0, 0.1) is 23.7 Å². The smallest absolute Gasteiger partial charge is 0.225 e. The quantitative estimate of drug-likeness (QED) is 0.847. The van der Waals surface area contributed by atoms with Gasteiger partial charge in [-0.3, -0.25) is 0 Å². The molecule has 1 aromatic heterocycles. The first kappa shape index (κ1) is 11.3. The lowest BCUT2D eigenvalue weighted by Crippen LogP contribution is -2.50. The number of rotatable bonds is 2. The van der Waals surface area contributed by atoms with Gasteiger partial charge < -0.3 is 16.2 Å². The lowest BCUT2D eigenvalue weighted by molar-refractivity contribution is -0.0804. The van der Waals surface area contributed by atoms with Crippen molar-refractivity contribution >= 4 is 11.8 Å². The number of nitrogen functional groups attached to an aromatic ring is 2. The number of anilines is 2. The molecular weight excluding hydrogens is 240 g/mol. The summed E-state index contributed by atoms with van der Waals surface area (Å²) >= 11 is 0. The molecule has 19 heavy (non-hydrogen) atoms. The Hall–Kier alpha value is -1.52. The second-order valence-corrected chi connectivity index (χ2v) is 6.50. The summed E-state index contributed by atoms with van der Waals surface area (Å²) in [6.45, 7) is 0. The molecule has 4 aliphatic carbocycles. The van der Waals surface area contributed by atoms with E-state index in [9.17, 15) is 0 Å². The monoisotopic (exact) mass is 260 g/mol. The van der Waals surface area contributed by atoms with E-state index in [1.165, 1.54) is 32.1 Å². The lowest BCUT2D eigenvalue weighted by Gasteiger charge is -2.53. The van der Waals surface area contributed by atoms with E-state index in [0.29, 0.717) is 29.6 Å². The summed E-state index contributed by atoms with van der Waals surface area (Å²) < 4.78 is 6.14. The molecule has 5 nitrogen and oxygen atoms in total. The molecule has 5 heteroatoms.